The van der Waals surface area contributed by atoms with Crippen molar-refractivity contribution in [2.75, 3.05) is 6.61 Å². The molecule has 0 saturated carbocycles. The number of ether oxygens (including phenoxy) is 1. The summed E-state index contributed by atoms with van der Waals surface area (Å²) in [5.74, 6) is -1.27. The molecular weight excluding hydrogens is 136 g/mol. The van der Waals surface area contributed by atoms with Gasteiger partial charge in [-0.25, -0.2) is 0 Å². The van der Waals surface area contributed by atoms with Crippen LogP contribution in [-0.2, 0) is 4.74 Å². The zero-order valence-corrected chi connectivity index (χ0v) is 5.82. The number of aliphatic hydroxyl groups is 3. The molecule has 4 heteroatoms. The van der Waals surface area contributed by atoms with E-state index in [0.29, 0.717) is 0 Å². The molecule has 4 nitrogen and oxygen atoms in total. The van der Waals surface area contributed by atoms with Gasteiger partial charge in [0.2, 0.25) is 0 Å². The van der Waals surface area contributed by atoms with Crippen molar-refractivity contribution in [3.8, 4) is 0 Å². The van der Waals surface area contributed by atoms with Crippen molar-refractivity contribution >= 4 is 0 Å². The Balaban J connectivity index is 2.52. The molecule has 1 heterocycles. The van der Waals surface area contributed by atoms with Gasteiger partial charge in [0.1, 0.15) is 6.10 Å². The van der Waals surface area contributed by atoms with E-state index in [-0.39, 0.29) is 13.0 Å². The number of aliphatic hydroxyl groups excluding tert-OH is 2. The van der Waals surface area contributed by atoms with Gasteiger partial charge in [-0.3, -0.25) is 0 Å². The van der Waals surface area contributed by atoms with E-state index in [1.807, 2.05) is 0 Å². The molecular formula is C6H12O4. The lowest BCUT2D eigenvalue weighted by Gasteiger charge is -2.15. The van der Waals surface area contributed by atoms with Crippen molar-refractivity contribution in [3.05, 3.63) is 0 Å². The summed E-state index contributed by atoms with van der Waals surface area (Å²) < 4.78 is 4.87. The van der Waals surface area contributed by atoms with Crippen LogP contribution in [0.5, 0.6) is 0 Å². The van der Waals surface area contributed by atoms with Crippen molar-refractivity contribution in [1.29, 1.82) is 0 Å². The van der Waals surface area contributed by atoms with Crippen LogP contribution in [0, 0.1) is 0 Å². The molecule has 0 aliphatic carbocycles. The van der Waals surface area contributed by atoms with Crippen LogP contribution in [0.1, 0.15) is 13.3 Å². The maximum absolute atomic E-state index is 9.17. The minimum atomic E-state index is -1.27. The highest BCUT2D eigenvalue weighted by atomic mass is 16.6. The van der Waals surface area contributed by atoms with E-state index in [2.05, 4.69) is 0 Å². The number of rotatable bonds is 1. The first kappa shape index (κ1) is 7.94. The van der Waals surface area contributed by atoms with E-state index in [1.54, 1.807) is 0 Å². The average Bonchev–Trinajstić information content (AvgIpc) is 2.05. The summed E-state index contributed by atoms with van der Waals surface area (Å²) in [6.07, 6.45) is -1.21. The summed E-state index contributed by atoms with van der Waals surface area (Å²) in [6, 6.07) is 0. The second-order valence-corrected chi connectivity index (χ2v) is 2.79. The summed E-state index contributed by atoms with van der Waals surface area (Å²) in [5, 5.41) is 26.8. The molecule has 0 bridgehead atoms. The number of hydrogen-bond donors (Lipinski definition) is 3. The third kappa shape index (κ3) is 1.46. The zero-order valence-electron chi connectivity index (χ0n) is 5.82. The standard InChI is InChI=1S/C6H12O4/c1-6(9)2-4(8)5(3-7)10-6/h4-5,7-9H,2-3H2,1H3/t4-,5+,6?/m1/s1. The Bertz CT molecular complexity index is 123. The first-order valence-corrected chi connectivity index (χ1v) is 3.24. The second kappa shape index (κ2) is 2.47. The fourth-order valence-corrected chi connectivity index (χ4v) is 1.13. The molecule has 3 atom stereocenters. The molecule has 0 spiro atoms. The van der Waals surface area contributed by atoms with Crippen LogP contribution in [0.3, 0.4) is 0 Å². The Kier molecular flexibility index (Phi) is 1.96. The molecule has 1 fully saturated rings. The highest BCUT2D eigenvalue weighted by molar-refractivity contribution is 4.83. The summed E-state index contributed by atoms with van der Waals surface area (Å²) in [6.45, 7) is 1.21. The van der Waals surface area contributed by atoms with Crippen LogP contribution in [0.4, 0.5) is 0 Å². The molecule has 0 radical (unpaired) electrons. The summed E-state index contributed by atoms with van der Waals surface area (Å²) in [5.41, 5.74) is 0. The lowest BCUT2D eigenvalue weighted by Crippen LogP contribution is -2.26. The SMILES string of the molecule is CC1(O)C[C@@H](O)[C@H](CO)O1. The van der Waals surface area contributed by atoms with Crippen LogP contribution < -0.4 is 0 Å². The molecule has 0 aromatic heterocycles. The van der Waals surface area contributed by atoms with E-state index in [4.69, 9.17) is 14.9 Å². The predicted molar refractivity (Wildman–Crippen MR) is 33.2 cm³/mol. The molecule has 10 heavy (non-hydrogen) atoms. The average molecular weight is 148 g/mol. The highest BCUT2D eigenvalue weighted by Gasteiger charge is 2.40. The smallest absolute Gasteiger partial charge is 0.165 e. The molecule has 1 aliphatic heterocycles. The number of hydrogen-bond acceptors (Lipinski definition) is 4. The Morgan fingerprint density at radius 2 is 2.30 bits per heavy atom. The van der Waals surface area contributed by atoms with Gasteiger partial charge in [0.25, 0.3) is 0 Å². The third-order valence-corrected chi connectivity index (χ3v) is 1.60. The van der Waals surface area contributed by atoms with Crippen LogP contribution in [-0.4, -0.2) is 39.9 Å². The summed E-state index contributed by atoms with van der Waals surface area (Å²) in [7, 11) is 0. The Morgan fingerprint density at radius 1 is 1.70 bits per heavy atom. The topological polar surface area (TPSA) is 69.9 Å². The molecule has 1 saturated heterocycles. The van der Waals surface area contributed by atoms with E-state index in [0.717, 1.165) is 0 Å². The van der Waals surface area contributed by atoms with Crippen molar-refractivity contribution in [2.45, 2.75) is 31.3 Å². The highest BCUT2D eigenvalue weighted by Crippen LogP contribution is 2.27. The second-order valence-electron chi connectivity index (χ2n) is 2.79. The van der Waals surface area contributed by atoms with Gasteiger partial charge in [-0.05, 0) is 6.92 Å². The zero-order chi connectivity index (χ0) is 7.78. The van der Waals surface area contributed by atoms with Crippen LogP contribution in [0.2, 0.25) is 0 Å². The van der Waals surface area contributed by atoms with Crippen LogP contribution in [0.25, 0.3) is 0 Å². The molecule has 3 N–H and O–H groups in total. The first-order valence-electron chi connectivity index (χ1n) is 3.24. The normalized spacial score (nSPS) is 48.0. The quantitative estimate of drug-likeness (QED) is 0.438. The Morgan fingerprint density at radius 3 is 2.50 bits per heavy atom. The fraction of sp³-hybridized carbons (Fsp3) is 1.00. The van der Waals surface area contributed by atoms with Gasteiger partial charge in [-0.1, -0.05) is 0 Å². The van der Waals surface area contributed by atoms with Gasteiger partial charge in [0, 0.05) is 6.42 Å². The van der Waals surface area contributed by atoms with Gasteiger partial charge in [-0.15, -0.1) is 0 Å². The maximum Gasteiger partial charge on any atom is 0.165 e. The molecule has 0 aromatic carbocycles. The Labute approximate surface area is 59.1 Å². The van der Waals surface area contributed by atoms with Gasteiger partial charge in [-0.2, -0.15) is 0 Å². The summed E-state index contributed by atoms with van der Waals surface area (Å²) in [4.78, 5) is 0. The van der Waals surface area contributed by atoms with Crippen LogP contribution in [0.15, 0.2) is 0 Å². The molecule has 0 amide bonds. The summed E-state index contributed by atoms with van der Waals surface area (Å²) >= 11 is 0. The van der Waals surface area contributed by atoms with Gasteiger partial charge in [0.15, 0.2) is 5.79 Å². The van der Waals surface area contributed by atoms with E-state index in [1.165, 1.54) is 6.92 Å². The van der Waals surface area contributed by atoms with E-state index < -0.39 is 18.0 Å². The minimum Gasteiger partial charge on any atom is -0.394 e. The molecule has 1 unspecified atom stereocenters. The monoisotopic (exact) mass is 148 g/mol. The largest absolute Gasteiger partial charge is 0.394 e. The minimum absolute atomic E-state index is 0.165. The third-order valence-electron chi connectivity index (χ3n) is 1.60. The van der Waals surface area contributed by atoms with Crippen molar-refractivity contribution in [3.63, 3.8) is 0 Å². The lowest BCUT2D eigenvalue weighted by atomic mass is 10.1. The predicted octanol–water partition coefficient (Wildman–Crippen LogP) is -1.16. The van der Waals surface area contributed by atoms with Crippen LogP contribution >= 0.6 is 0 Å². The Hall–Kier alpha value is -0.160. The molecule has 1 aliphatic rings. The molecule has 1 rings (SSSR count). The van der Waals surface area contributed by atoms with Gasteiger partial charge >= 0.3 is 0 Å². The van der Waals surface area contributed by atoms with E-state index >= 15 is 0 Å². The van der Waals surface area contributed by atoms with Gasteiger partial charge < -0.3 is 20.1 Å². The maximum atomic E-state index is 9.17. The van der Waals surface area contributed by atoms with Gasteiger partial charge in [0.05, 0.1) is 12.7 Å². The van der Waals surface area contributed by atoms with E-state index in [9.17, 15) is 5.11 Å². The molecule has 0 aromatic rings. The van der Waals surface area contributed by atoms with Crippen molar-refractivity contribution < 1.29 is 20.1 Å². The van der Waals surface area contributed by atoms with Crippen molar-refractivity contribution in [1.82, 2.24) is 0 Å². The van der Waals surface area contributed by atoms with Crippen molar-refractivity contribution in [2.24, 2.45) is 0 Å². The first-order chi connectivity index (χ1) is 4.55. The lowest BCUT2D eigenvalue weighted by molar-refractivity contribution is -0.185. The fourth-order valence-electron chi connectivity index (χ4n) is 1.13. The molecule has 60 valence electrons.